The molecule has 0 unspecified atom stereocenters. The van der Waals surface area contributed by atoms with E-state index in [1.807, 2.05) is 9.80 Å². The first-order valence-corrected chi connectivity index (χ1v) is 9.07. The molecule has 1 aliphatic rings. The predicted octanol–water partition coefficient (Wildman–Crippen LogP) is 2.84. The highest BCUT2D eigenvalue weighted by atomic mass is 16.2. The molecule has 0 atom stereocenters. The Balaban J connectivity index is 1.95. The average Bonchev–Trinajstić information content (AvgIpc) is 2.78. The van der Waals surface area contributed by atoms with Crippen LogP contribution in [0.2, 0.25) is 0 Å². The normalized spacial score (nSPS) is 15.7. The van der Waals surface area contributed by atoms with Crippen LogP contribution >= 0.6 is 0 Å². The van der Waals surface area contributed by atoms with E-state index in [-0.39, 0.29) is 17.4 Å². The highest BCUT2D eigenvalue weighted by Gasteiger charge is 2.25. The molecule has 0 aromatic heterocycles. The Morgan fingerprint density at radius 1 is 1.08 bits per heavy atom. The smallest absolute Gasteiger partial charge is 0.317 e. The fraction of sp³-hybridized carbons (Fsp3) is 0.600. The summed E-state index contributed by atoms with van der Waals surface area (Å²) < 4.78 is 0. The number of nitrogens with one attached hydrogen (secondary N) is 1. The Morgan fingerprint density at radius 3 is 2.36 bits per heavy atom. The third kappa shape index (κ3) is 4.97. The molecular weight excluding hydrogens is 314 g/mol. The van der Waals surface area contributed by atoms with Crippen LogP contribution in [0.5, 0.6) is 0 Å². The van der Waals surface area contributed by atoms with Crippen LogP contribution in [-0.2, 0) is 10.2 Å². The monoisotopic (exact) mass is 345 g/mol. The van der Waals surface area contributed by atoms with Crippen molar-refractivity contribution < 1.29 is 9.59 Å². The van der Waals surface area contributed by atoms with Gasteiger partial charge in [0.25, 0.3) is 0 Å². The number of hydrogen-bond acceptors (Lipinski definition) is 2. The van der Waals surface area contributed by atoms with Crippen LogP contribution in [0.15, 0.2) is 18.2 Å². The first kappa shape index (κ1) is 19.3. The topological polar surface area (TPSA) is 52.7 Å². The van der Waals surface area contributed by atoms with E-state index in [4.69, 9.17) is 0 Å². The molecule has 0 saturated carbocycles. The molecule has 138 valence electrons. The number of carbonyl (C=O) groups excluding carboxylic acids is 2. The number of aryl methyl sites for hydroxylation is 2. The molecule has 1 aromatic carbocycles. The second kappa shape index (κ2) is 7.89. The Labute approximate surface area is 151 Å². The van der Waals surface area contributed by atoms with Gasteiger partial charge in [0.2, 0.25) is 5.91 Å². The number of benzene rings is 1. The molecule has 2 rings (SSSR count). The van der Waals surface area contributed by atoms with Crippen molar-refractivity contribution in [1.82, 2.24) is 15.1 Å². The van der Waals surface area contributed by atoms with Gasteiger partial charge in [0.05, 0.1) is 0 Å². The lowest BCUT2D eigenvalue weighted by atomic mass is 9.81. The van der Waals surface area contributed by atoms with Crippen molar-refractivity contribution in [3.05, 3.63) is 34.9 Å². The third-order valence-electron chi connectivity index (χ3n) is 5.02. The summed E-state index contributed by atoms with van der Waals surface area (Å²) in [5.41, 5.74) is 3.63. The molecule has 1 N–H and O–H groups in total. The zero-order chi connectivity index (χ0) is 18.6. The lowest BCUT2D eigenvalue weighted by Crippen LogP contribution is -2.46. The molecule has 0 radical (unpaired) electrons. The SMILES string of the molecule is CC(=O)N1CCCN(C(=O)NCC(C)(C)c2ccc(C)cc2C)CC1. The van der Waals surface area contributed by atoms with Crippen LogP contribution < -0.4 is 5.32 Å². The van der Waals surface area contributed by atoms with Crippen molar-refractivity contribution >= 4 is 11.9 Å². The minimum Gasteiger partial charge on any atom is -0.341 e. The molecule has 0 spiro atoms. The van der Waals surface area contributed by atoms with Gasteiger partial charge >= 0.3 is 6.03 Å². The summed E-state index contributed by atoms with van der Waals surface area (Å²) in [6.07, 6.45) is 0.827. The van der Waals surface area contributed by atoms with E-state index in [0.29, 0.717) is 26.2 Å². The molecule has 1 aromatic rings. The highest BCUT2D eigenvalue weighted by Crippen LogP contribution is 2.26. The second-order valence-electron chi connectivity index (χ2n) is 7.71. The van der Waals surface area contributed by atoms with Gasteiger partial charge in [-0.3, -0.25) is 4.79 Å². The van der Waals surface area contributed by atoms with Crippen LogP contribution in [0.4, 0.5) is 4.79 Å². The van der Waals surface area contributed by atoms with Gasteiger partial charge in [-0.1, -0.05) is 37.6 Å². The lowest BCUT2D eigenvalue weighted by molar-refractivity contribution is -0.128. The summed E-state index contributed by atoms with van der Waals surface area (Å²) in [6.45, 7) is 13.3. The van der Waals surface area contributed by atoms with Gasteiger partial charge in [-0.25, -0.2) is 4.79 Å². The van der Waals surface area contributed by atoms with Crippen molar-refractivity contribution in [2.24, 2.45) is 0 Å². The molecule has 3 amide bonds. The molecule has 1 aliphatic heterocycles. The van der Waals surface area contributed by atoms with Crippen LogP contribution in [0.1, 0.15) is 43.9 Å². The summed E-state index contributed by atoms with van der Waals surface area (Å²) >= 11 is 0. The number of hydrogen-bond donors (Lipinski definition) is 1. The summed E-state index contributed by atoms with van der Waals surface area (Å²) in [6, 6.07) is 6.43. The third-order valence-corrected chi connectivity index (χ3v) is 5.02. The summed E-state index contributed by atoms with van der Waals surface area (Å²) in [7, 11) is 0. The number of carbonyl (C=O) groups is 2. The van der Waals surface area contributed by atoms with Crippen LogP contribution in [0, 0.1) is 13.8 Å². The predicted molar refractivity (Wildman–Crippen MR) is 101 cm³/mol. The first-order valence-electron chi connectivity index (χ1n) is 9.07. The summed E-state index contributed by atoms with van der Waals surface area (Å²) in [4.78, 5) is 27.7. The first-order chi connectivity index (χ1) is 11.7. The van der Waals surface area contributed by atoms with Crippen molar-refractivity contribution in [2.45, 2.75) is 46.5 Å². The molecule has 0 bridgehead atoms. The van der Waals surface area contributed by atoms with Gasteiger partial charge < -0.3 is 15.1 Å². The van der Waals surface area contributed by atoms with Gasteiger partial charge in [0.1, 0.15) is 0 Å². The number of rotatable bonds is 3. The molecule has 1 fully saturated rings. The fourth-order valence-corrected chi connectivity index (χ4v) is 3.51. The van der Waals surface area contributed by atoms with Crippen molar-refractivity contribution in [1.29, 1.82) is 0 Å². The Hall–Kier alpha value is -2.04. The quantitative estimate of drug-likeness (QED) is 0.916. The van der Waals surface area contributed by atoms with E-state index < -0.39 is 0 Å². The number of nitrogens with zero attached hydrogens (tertiary/aromatic N) is 2. The minimum absolute atomic E-state index is 0.0387. The Kier molecular flexibility index (Phi) is 6.09. The van der Waals surface area contributed by atoms with Crippen molar-refractivity contribution in [3.8, 4) is 0 Å². The maximum atomic E-state index is 12.6. The molecule has 5 heteroatoms. The van der Waals surface area contributed by atoms with E-state index in [2.05, 4.69) is 51.2 Å². The number of amides is 3. The zero-order valence-corrected chi connectivity index (χ0v) is 16.2. The van der Waals surface area contributed by atoms with Gasteiger partial charge in [0.15, 0.2) is 0 Å². The maximum absolute atomic E-state index is 12.6. The van der Waals surface area contributed by atoms with Crippen LogP contribution in [0.3, 0.4) is 0 Å². The minimum atomic E-state index is -0.134. The highest BCUT2D eigenvalue weighted by molar-refractivity contribution is 5.75. The molecule has 25 heavy (non-hydrogen) atoms. The van der Waals surface area contributed by atoms with E-state index in [1.165, 1.54) is 16.7 Å². The van der Waals surface area contributed by atoms with E-state index in [0.717, 1.165) is 13.0 Å². The van der Waals surface area contributed by atoms with E-state index in [9.17, 15) is 9.59 Å². The fourth-order valence-electron chi connectivity index (χ4n) is 3.51. The largest absolute Gasteiger partial charge is 0.341 e. The van der Waals surface area contributed by atoms with Gasteiger partial charge in [-0.05, 0) is 31.4 Å². The number of urea groups is 1. The Morgan fingerprint density at radius 2 is 1.72 bits per heavy atom. The zero-order valence-electron chi connectivity index (χ0n) is 16.2. The van der Waals surface area contributed by atoms with Crippen LogP contribution in [-0.4, -0.2) is 54.5 Å². The lowest BCUT2D eigenvalue weighted by Gasteiger charge is -2.29. The molecule has 5 nitrogen and oxygen atoms in total. The molecular formula is C20H31N3O2. The Bertz CT molecular complexity index is 640. The van der Waals surface area contributed by atoms with E-state index >= 15 is 0 Å². The standard InChI is InChI=1S/C20H31N3O2/c1-15-7-8-18(16(2)13-15)20(4,5)14-21-19(25)23-10-6-9-22(11-12-23)17(3)24/h7-8,13H,6,9-12,14H2,1-5H3,(H,21,25). The van der Waals surface area contributed by atoms with Gasteiger partial charge in [-0.15, -0.1) is 0 Å². The van der Waals surface area contributed by atoms with Gasteiger partial charge in [0, 0.05) is 45.1 Å². The average molecular weight is 345 g/mol. The van der Waals surface area contributed by atoms with Gasteiger partial charge in [-0.2, -0.15) is 0 Å². The second-order valence-corrected chi connectivity index (χ2v) is 7.71. The van der Waals surface area contributed by atoms with Crippen molar-refractivity contribution in [2.75, 3.05) is 32.7 Å². The summed E-state index contributed by atoms with van der Waals surface area (Å²) in [5.74, 6) is 0.0817. The molecule has 1 heterocycles. The maximum Gasteiger partial charge on any atom is 0.317 e. The molecule has 0 aliphatic carbocycles. The van der Waals surface area contributed by atoms with E-state index in [1.54, 1.807) is 6.92 Å². The summed E-state index contributed by atoms with van der Waals surface area (Å²) in [5, 5.41) is 3.09. The van der Waals surface area contributed by atoms with Crippen molar-refractivity contribution in [3.63, 3.8) is 0 Å². The van der Waals surface area contributed by atoms with Crippen LogP contribution in [0.25, 0.3) is 0 Å². The molecule has 1 saturated heterocycles.